The van der Waals surface area contributed by atoms with Gasteiger partial charge >= 0.3 is 23.5 Å². The molecule has 32 heavy (non-hydrogen) atoms. The van der Waals surface area contributed by atoms with Crippen LogP contribution in [0.2, 0.25) is 5.15 Å². The summed E-state index contributed by atoms with van der Waals surface area (Å²) in [6.07, 6.45) is -2.41. The number of ether oxygens (including phenoxy) is 1. The molecule has 5 atom stereocenters. The van der Waals surface area contributed by atoms with Gasteiger partial charge in [-0.05, 0) is 0 Å². The first-order valence-electron chi connectivity index (χ1n) is 7.95. The van der Waals surface area contributed by atoms with Gasteiger partial charge in [0, 0.05) is 6.42 Å². The fraction of sp³-hybridized carbons (Fsp3) is 0.500. The topological polar surface area (TPSA) is 239 Å². The second-order valence-electron chi connectivity index (χ2n) is 6.16. The molecule has 0 saturated carbocycles. The van der Waals surface area contributed by atoms with Crippen LogP contribution < -0.4 is 5.73 Å². The lowest BCUT2D eigenvalue weighted by atomic mass is 10.2. The number of hydrogen-bond acceptors (Lipinski definition) is 11. The predicted molar refractivity (Wildman–Crippen MR) is 103 cm³/mol. The molecule has 0 spiro atoms. The molecule has 0 radical (unpaired) electrons. The third-order valence-electron chi connectivity index (χ3n) is 3.67. The van der Waals surface area contributed by atoms with Crippen LogP contribution >= 0.6 is 46.7 Å². The highest BCUT2D eigenvalue weighted by atomic mass is 35.5. The minimum Gasteiger partial charge on any atom is -0.368 e. The van der Waals surface area contributed by atoms with E-state index in [0.717, 1.165) is 10.9 Å². The van der Waals surface area contributed by atoms with Crippen LogP contribution in [0.3, 0.4) is 0 Å². The Bertz CT molecular complexity index is 1180. The SMILES string of the molecule is Nc1nc(Cl)c2ncn(C3OC(COP(=O)(O)OP(=O)(O)OP(=O)(O)O)CC3(F)Cl)c2n1. The van der Waals surface area contributed by atoms with Crippen LogP contribution in [0.15, 0.2) is 6.33 Å². The van der Waals surface area contributed by atoms with E-state index in [-0.39, 0.29) is 22.3 Å². The largest absolute Gasteiger partial charge is 0.490 e. The number of fused-ring (bicyclic) bond motifs is 1. The van der Waals surface area contributed by atoms with Gasteiger partial charge in [0.1, 0.15) is 5.52 Å². The molecule has 6 N–H and O–H groups in total. The average Bonchev–Trinajstić information content (AvgIpc) is 3.09. The Morgan fingerprint density at radius 1 is 1.25 bits per heavy atom. The maximum atomic E-state index is 15.0. The number of phosphoric ester groups is 1. The van der Waals surface area contributed by atoms with E-state index in [2.05, 4.69) is 28.1 Å². The van der Waals surface area contributed by atoms with Crippen LogP contribution in [0, 0.1) is 0 Å². The van der Waals surface area contributed by atoms with Crippen LogP contribution in [-0.2, 0) is 31.6 Å². The highest BCUT2D eigenvalue weighted by molar-refractivity contribution is 7.66. The summed E-state index contributed by atoms with van der Waals surface area (Å²) in [6, 6.07) is 0. The maximum Gasteiger partial charge on any atom is 0.490 e. The first kappa shape index (κ1) is 25.8. The summed E-state index contributed by atoms with van der Waals surface area (Å²) in [5, 5.41) is -2.73. The standard InChI is InChI=1S/C10H13Cl2FN5O11P3/c11-6-5-7(17-9(14)16-6)18(3-15-5)8-10(12,13)1-4(27-8)2-26-31(22,23)29-32(24,25)28-30(19,20)21/h3-4,8H,1-2H2,(H,22,23)(H,24,25)(H2,14,16,17)(H2,19,20,21). The van der Waals surface area contributed by atoms with Crippen molar-refractivity contribution in [2.45, 2.75) is 23.9 Å². The van der Waals surface area contributed by atoms with Crippen LogP contribution in [0.25, 0.3) is 11.2 Å². The number of nitrogen functional groups attached to an aromatic ring is 1. The lowest BCUT2D eigenvalue weighted by molar-refractivity contribution is -0.0417. The second kappa shape index (κ2) is 8.78. The number of anilines is 1. The lowest BCUT2D eigenvalue weighted by Crippen LogP contribution is -2.24. The third kappa shape index (κ3) is 6.21. The van der Waals surface area contributed by atoms with E-state index in [0.29, 0.717) is 0 Å². The fourth-order valence-electron chi connectivity index (χ4n) is 2.65. The molecule has 3 heterocycles. The van der Waals surface area contributed by atoms with E-state index in [1.54, 1.807) is 0 Å². The van der Waals surface area contributed by atoms with Gasteiger partial charge in [-0.25, -0.2) is 23.1 Å². The quantitative estimate of drug-likeness (QED) is 0.174. The molecule has 3 rings (SSSR count). The number of nitrogens with two attached hydrogens (primary N) is 1. The maximum absolute atomic E-state index is 15.0. The Kier molecular flexibility index (Phi) is 7.09. The van der Waals surface area contributed by atoms with Gasteiger partial charge in [0.05, 0.1) is 19.0 Å². The molecule has 2 aromatic rings. The molecule has 22 heteroatoms. The number of hydrogen-bond donors (Lipinski definition) is 5. The molecule has 5 unspecified atom stereocenters. The number of imidazole rings is 1. The number of phosphoric acid groups is 3. The number of nitrogens with zero attached hydrogens (tertiary/aromatic N) is 4. The molecule has 0 amide bonds. The first-order chi connectivity index (χ1) is 14.5. The second-order valence-corrected chi connectivity index (χ2v) is 11.6. The van der Waals surface area contributed by atoms with Gasteiger partial charge in [0.15, 0.2) is 17.0 Å². The van der Waals surface area contributed by atoms with E-state index in [9.17, 15) is 23.0 Å². The zero-order chi connectivity index (χ0) is 24.1. The summed E-state index contributed by atoms with van der Waals surface area (Å²) in [6.45, 7) is -0.900. The summed E-state index contributed by atoms with van der Waals surface area (Å²) in [4.78, 5) is 47.1. The van der Waals surface area contributed by atoms with Crippen molar-refractivity contribution >= 4 is 63.8 Å². The summed E-state index contributed by atoms with van der Waals surface area (Å²) in [5.74, 6) is -0.245. The normalized spacial score (nSPS) is 28.0. The number of aromatic nitrogens is 4. The van der Waals surface area contributed by atoms with Crippen molar-refractivity contribution in [2.24, 2.45) is 0 Å². The Balaban J connectivity index is 1.72. The minimum absolute atomic E-state index is 0.0243. The Morgan fingerprint density at radius 2 is 1.91 bits per heavy atom. The van der Waals surface area contributed by atoms with Crippen molar-refractivity contribution < 1.29 is 55.5 Å². The van der Waals surface area contributed by atoms with E-state index >= 15 is 0 Å². The van der Waals surface area contributed by atoms with Crippen molar-refractivity contribution in [2.75, 3.05) is 12.3 Å². The van der Waals surface area contributed by atoms with Gasteiger partial charge in [0.2, 0.25) is 11.1 Å². The molecule has 1 saturated heterocycles. The third-order valence-corrected chi connectivity index (χ3v) is 8.08. The Morgan fingerprint density at radius 3 is 2.53 bits per heavy atom. The molecular formula is C10H13Cl2FN5O11P3. The number of alkyl halides is 2. The van der Waals surface area contributed by atoms with E-state index < -0.39 is 54.0 Å². The molecule has 16 nitrogen and oxygen atoms in total. The molecule has 0 bridgehead atoms. The van der Waals surface area contributed by atoms with Crippen molar-refractivity contribution in [3.05, 3.63) is 11.5 Å². The lowest BCUT2D eigenvalue weighted by Gasteiger charge is -2.20. The predicted octanol–water partition coefficient (Wildman–Crippen LogP) is 1.60. The monoisotopic (exact) mass is 561 g/mol. The van der Waals surface area contributed by atoms with Crippen molar-refractivity contribution in [3.63, 3.8) is 0 Å². The number of rotatable bonds is 8. The van der Waals surface area contributed by atoms with Gasteiger partial charge in [0.25, 0.3) is 0 Å². The van der Waals surface area contributed by atoms with Crippen molar-refractivity contribution in [1.82, 2.24) is 19.5 Å². The van der Waals surface area contributed by atoms with Gasteiger partial charge in [-0.2, -0.15) is 18.6 Å². The van der Waals surface area contributed by atoms with Gasteiger partial charge in [-0.15, -0.1) is 0 Å². The van der Waals surface area contributed by atoms with E-state index in [4.69, 9.17) is 48.4 Å². The molecule has 1 fully saturated rings. The smallest absolute Gasteiger partial charge is 0.368 e. The molecule has 1 aliphatic rings. The fourth-order valence-corrected chi connectivity index (χ4v) is 6.25. The zero-order valence-electron chi connectivity index (χ0n) is 15.1. The van der Waals surface area contributed by atoms with Crippen LogP contribution in [0.4, 0.5) is 10.3 Å². The van der Waals surface area contributed by atoms with Gasteiger partial charge < -0.3 is 30.0 Å². The number of halogens is 3. The van der Waals surface area contributed by atoms with Crippen LogP contribution in [0.5, 0.6) is 0 Å². The van der Waals surface area contributed by atoms with Crippen LogP contribution in [0.1, 0.15) is 12.6 Å². The Labute approximate surface area is 186 Å². The average molecular weight is 562 g/mol. The summed E-state index contributed by atoms with van der Waals surface area (Å²) < 4.78 is 66.7. The molecule has 2 aromatic heterocycles. The molecular weight excluding hydrogens is 549 g/mol. The molecule has 1 aliphatic heterocycles. The van der Waals surface area contributed by atoms with Crippen molar-refractivity contribution in [3.8, 4) is 0 Å². The van der Waals surface area contributed by atoms with Crippen molar-refractivity contribution in [1.29, 1.82) is 0 Å². The van der Waals surface area contributed by atoms with Crippen LogP contribution in [-0.4, -0.2) is 56.9 Å². The Hall–Kier alpha value is -0.770. The summed E-state index contributed by atoms with van der Waals surface area (Å²) >= 11 is 11.8. The molecule has 0 aromatic carbocycles. The van der Waals surface area contributed by atoms with E-state index in [1.165, 1.54) is 0 Å². The van der Waals surface area contributed by atoms with Gasteiger partial charge in [-0.1, -0.05) is 23.2 Å². The molecule has 180 valence electrons. The molecule has 0 aliphatic carbocycles. The zero-order valence-corrected chi connectivity index (χ0v) is 19.3. The summed E-state index contributed by atoms with van der Waals surface area (Å²) in [5.41, 5.74) is 5.56. The van der Waals surface area contributed by atoms with Gasteiger partial charge in [-0.3, -0.25) is 9.09 Å². The summed E-state index contributed by atoms with van der Waals surface area (Å²) in [7, 11) is -16.7. The minimum atomic E-state index is -5.70. The highest BCUT2D eigenvalue weighted by Crippen LogP contribution is 2.66. The first-order valence-corrected chi connectivity index (χ1v) is 13.2. The van der Waals surface area contributed by atoms with E-state index in [1.807, 2.05) is 0 Å². The highest BCUT2D eigenvalue weighted by Gasteiger charge is 2.51.